The van der Waals surface area contributed by atoms with Gasteiger partial charge in [-0.2, -0.15) is 0 Å². The zero-order valence-electron chi connectivity index (χ0n) is 12.7. The summed E-state index contributed by atoms with van der Waals surface area (Å²) in [6.45, 7) is 8.74. The fraction of sp³-hybridized carbons (Fsp3) is 0.647. The van der Waals surface area contributed by atoms with Gasteiger partial charge in [0.05, 0.1) is 19.3 Å². The highest BCUT2D eigenvalue weighted by Crippen LogP contribution is 2.12. The number of rotatable bonds is 7. The van der Waals surface area contributed by atoms with Gasteiger partial charge in [-0.3, -0.25) is 0 Å². The largest absolute Gasteiger partial charge is 0.377 e. The van der Waals surface area contributed by atoms with Crippen LogP contribution in [0.4, 0.5) is 0 Å². The number of nitrogens with one attached hydrogen (secondary N) is 1. The quantitative estimate of drug-likeness (QED) is 0.830. The molecule has 1 aromatic rings. The lowest BCUT2D eigenvalue weighted by Gasteiger charge is -2.23. The SMILES string of the molecule is CC(C)COCc1ccc(COC2CCNCC2)cc1. The van der Waals surface area contributed by atoms with Crippen LogP contribution in [0, 0.1) is 5.92 Å². The van der Waals surface area contributed by atoms with Gasteiger partial charge in [0.15, 0.2) is 0 Å². The van der Waals surface area contributed by atoms with Crippen LogP contribution in [0.2, 0.25) is 0 Å². The predicted molar refractivity (Wildman–Crippen MR) is 81.6 cm³/mol. The van der Waals surface area contributed by atoms with Crippen molar-refractivity contribution < 1.29 is 9.47 Å². The monoisotopic (exact) mass is 277 g/mol. The molecular formula is C17H27NO2. The molecule has 1 N–H and O–H groups in total. The molecule has 3 heteroatoms. The van der Waals surface area contributed by atoms with Gasteiger partial charge in [-0.15, -0.1) is 0 Å². The van der Waals surface area contributed by atoms with Crippen molar-refractivity contribution in [3.63, 3.8) is 0 Å². The van der Waals surface area contributed by atoms with E-state index in [2.05, 4.69) is 43.4 Å². The lowest BCUT2D eigenvalue weighted by molar-refractivity contribution is 0.0212. The maximum Gasteiger partial charge on any atom is 0.0720 e. The summed E-state index contributed by atoms with van der Waals surface area (Å²) in [5.41, 5.74) is 2.48. The highest BCUT2D eigenvalue weighted by molar-refractivity contribution is 5.21. The molecule has 1 aliphatic rings. The van der Waals surface area contributed by atoms with E-state index >= 15 is 0 Å². The summed E-state index contributed by atoms with van der Waals surface area (Å²) in [5, 5.41) is 3.35. The van der Waals surface area contributed by atoms with Crippen LogP contribution in [0.5, 0.6) is 0 Å². The van der Waals surface area contributed by atoms with Gasteiger partial charge in [0, 0.05) is 6.61 Å². The minimum absolute atomic E-state index is 0.422. The van der Waals surface area contributed by atoms with Crippen LogP contribution in [-0.2, 0) is 22.7 Å². The van der Waals surface area contributed by atoms with Gasteiger partial charge < -0.3 is 14.8 Å². The lowest BCUT2D eigenvalue weighted by atomic mass is 10.1. The molecule has 0 aromatic heterocycles. The van der Waals surface area contributed by atoms with Gasteiger partial charge in [0.1, 0.15) is 0 Å². The molecule has 0 atom stereocenters. The normalized spacial score (nSPS) is 16.8. The maximum atomic E-state index is 5.95. The van der Waals surface area contributed by atoms with Crippen LogP contribution in [0.15, 0.2) is 24.3 Å². The summed E-state index contributed by atoms with van der Waals surface area (Å²) in [6.07, 6.45) is 2.67. The van der Waals surface area contributed by atoms with Crippen LogP contribution < -0.4 is 5.32 Å². The Bertz CT molecular complexity index is 369. The molecule has 112 valence electrons. The third-order valence-corrected chi connectivity index (χ3v) is 3.51. The molecule has 0 radical (unpaired) electrons. The van der Waals surface area contributed by atoms with E-state index in [9.17, 15) is 0 Å². The first-order valence-electron chi connectivity index (χ1n) is 7.72. The molecule has 1 saturated heterocycles. The number of ether oxygens (including phenoxy) is 2. The second kappa shape index (κ2) is 8.40. The van der Waals surface area contributed by atoms with Crippen molar-refractivity contribution in [2.75, 3.05) is 19.7 Å². The van der Waals surface area contributed by atoms with Gasteiger partial charge in [-0.1, -0.05) is 38.1 Å². The van der Waals surface area contributed by atoms with E-state index < -0.39 is 0 Å². The minimum Gasteiger partial charge on any atom is -0.377 e. The second-order valence-corrected chi connectivity index (χ2v) is 5.99. The smallest absolute Gasteiger partial charge is 0.0720 e. The van der Waals surface area contributed by atoms with Gasteiger partial charge in [-0.25, -0.2) is 0 Å². The van der Waals surface area contributed by atoms with Crippen molar-refractivity contribution >= 4 is 0 Å². The highest BCUT2D eigenvalue weighted by Gasteiger charge is 2.12. The topological polar surface area (TPSA) is 30.5 Å². The minimum atomic E-state index is 0.422. The van der Waals surface area contributed by atoms with Crippen molar-refractivity contribution in [2.24, 2.45) is 5.92 Å². The molecule has 0 aliphatic carbocycles. The first kappa shape index (κ1) is 15.5. The summed E-state index contributed by atoms with van der Waals surface area (Å²) >= 11 is 0. The van der Waals surface area contributed by atoms with E-state index in [0.29, 0.717) is 18.6 Å². The Labute approximate surface area is 122 Å². The number of hydrogen-bond acceptors (Lipinski definition) is 3. The molecule has 3 nitrogen and oxygen atoms in total. The molecule has 0 unspecified atom stereocenters. The molecule has 1 fully saturated rings. The summed E-state index contributed by atoms with van der Waals surface area (Å²) in [6, 6.07) is 8.58. The van der Waals surface area contributed by atoms with Gasteiger partial charge >= 0.3 is 0 Å². The van der Waals surface area contributed by atoms with E-state index in [1.54, 1.807) is 0 Å². The summed E-state index contributed by atoms with van der Waals surface area (Å²) in [4.78, 5) is 0. The molecule has 1 heterocycles. The zero-order chi connectivity index (χ0) is 14.2. The van der Waals surface area contributed by atoms with E-state index in [1.807, 2.05) is 0 Å². The van der Waals surface area contributed by atoms with Crippen LogP contribution in [0.25, 0.3) is 0 Å². The van der Waals surface area contributed by atoms with Gasteiger partial charge in [0.25, 0.3) is 0 Å². The Balaban J connectivity index is 1.70. The van der Waals surface area contributed by atoms with E-state index in [0.717, 1.165) is 39.1 Å². The summed E-state index contributed by atoms with van der Waals surface area (Å²) in [7, 11) is 0. The molecule has 1 aliphatic heterocycles. The first-order chi connectivity index (χ1) is 9.74. The lowest BCUT2D eigenvalue weighted by Crippen LogP contribution is -2.32. The predicted octanol–water partition coefficient (Wildman–Crippen LogP) is 3.13. The Morgan fingerprint density at radius 1 is 1.05 bits per heavy atom. The van der Waals surface area contributed by atoms with Crippen molar-refractivity contribution in [2.45, 2.75) is 46.0 Å². The first-order valence-corrected chi connectivity index (χ1v) is 7.72. The van der Waals surface area contributed by atoms with Crippen LogP contribution >= 0.6 is 0 Å². The van der Waals surface area contributed by atoms with Crippen molar-refractivity contribution in [3.8, 4) is 0 Å². The summed E-state index contributed by atoms with van der Waals surface area (Å²) in [5.74, 6) is 0.590. The molecule has 0 amide bonds. The van der Waals surface area contributed by atoms with E-state index in [4.69, 9.17) is 9.47 Å². The third kappa shape index (κ3) is 5.61. The van der Waals surface area contributed by atoms with Crippen molar-refractivity contribution in [1.82, 2.24) is 5.32 Å². The molecule has 20 heavy (non-hydrogen) atoms. The standard InChI is InChI=1S/C17H27NO2/c1-14(2)11-19-12-15-3-5-16(6-4-15)13-20-17-7-9-18-10-8-17/h3-6,14,17-18H,7-13H2,1-2H3. The average Bonchev–Trinajstić information content (AvgIpc) is 2.47. The molecule has 0 saturated carbocycles. The second-order valence-electron chi connectivity index (χ2n) is 5.99. The maximum absolute atomic E-state index is 5.95. The van der Waals surface area contributed by atoms with Crippen molar-refractivity contribution in [3.05, 3.63) is 35.4 Å². The zero-order valence-corrected chi connectivity index (χ0v) is 12.7. The number of hydrogen-bond donors (Lipinski definition) is 1. The highest BCUT2D eigenvalue weighted by atomic mass is 16.5. The summed E-state index contributed by atoms with van der Waals surface area (Å²) < 4.78 is 11.6. The van der Waals surface area contributed by atoms with Crippen LogP contribution in [-0.4, -0.2) is 25.8 Å². The van der Waals surface area contributed by atoms with Gasteiger partial charge in [-0.05, 0) is 43.0 Å². The molecule has 2 rings (SSSR count). The van der Waals surface area contributed by atoms with Gasteiger partial charge in [0.2, 0.25) is 0 Å². The fourth-order valence-corrected chi connectivity index (χ4v) is 2.32. The Morgan fingerprint density at radius 2 is 1.65 bits per heavy atom. The van der Waals surface area contributed by atoms with Crippen LogP contribution in [0.1, 0.15) is 37.8 Å². The Morgan fingerprint density at radius 3 is 2.25 bits per heavy atom. The molecule has 0 spiro atoms. The Kier molecular flexibility index (Phi) is 6.51. The van der Waals surface area contributed by atoms with E-state index in [-0.39, 0.29) is 0 Å². The number of benzene rings is 1. The van der Waals surface area contributed by atoms with E-state index in [1.165, 1.54) is 11.1 Å². The molecule has 1 aromatic carbocycles. The molecular weight excluding hydrogens is 250 g/mol. The van der Waals surface area contributed by atoms with Crippen molar-refractivity contribution in [1.29, 1.82) is 0 Å². The fourth-order valence-electron chi connectivity index (χ4n) is 2.32. The third-order valence-electron chi connectivity index (χ3n) is 3.51. The molecule has 0 bridgehead atoms. The average molecular weight is 277 g/mol. The Hall–Kier alpha value is -0.900. The van der Waals surface area contributed by atoms with Crippen LogP contribution in [0.3, 0.4) is 0 Å². The number of piperidine rings is 1.